The lowest BCUT2D eigenvalue weighted by Crippen LogP contribution is -2.03. The van der Waals surface area contributed by atoms with Crippen molar-refractivity contribution < 1.29 is 14.8 Å². The van der Waals surface area contributed by atoms with Crippen molar-refractivity contribution in [2.75, 3.05) is 0 Å². The van der Waals surface area contributed by atoms with E-state index in [1.54, 1.807) is 6.07 Å². The Labute approximate surface area is 98.4 Å². The minimum atomic E-state index is -1.15. The minimum absolute atomic E-state index is 0.111. The van der Waals surface area contributed by atoms with Crippen molar-refractivity contribution in [2.45, 2.75) is 6.42 Å². The summed E-state index contributed by atoms with van der Waals surface area (Å²) in [4.78, 5) is 20.5. The number of carboxylic acids is 1. The highest BCUT2D eigenvalue weighted by atomic mass is 79.9. The topological polar surface area (TPSA) is 104 Å². The lowest BCUT2D eigenvalue weighted by Gasteiger charge is -2.02. The average molecular weight is 285 g/mol. The van der Waals surface area contributed by atoms with E-state index in [0.29, 0.717) is 0 Å². The van der Waals surface area contributed by atoms with Gasteiger partial charge >= 0.3 is 5.97 Å². The second kappa shape index (κ2) is 4.72. The zero-order chi connectivity index (χ0) is 12.3. The summed E-state index contributed by atoms with van der Waals surface area (Å²) < 4.78 is 0.156. The lowest BCUT2D eigenvalue weighted by atomic mass is 10.0. The zero-order valence-corrected chi connectivity index (χ0v) is 9.39. The van der Waals surface area contributed by atoms with E-state index in [2.05, 4.69) is 15.9 Å². The maximum atomic E-state index is 10.6. The molecule has 0 unspecified atom stereocenters. The number of hydrogen-bond donors (Lipinski definition) is 1. The summed E-state index contributed by atoms with van der Waals surface area (Å²) in [6.45, 7) is 0. The fourth-order valence-electron chi connectivity index (χ4n) is 1.16. The highest BCUT2D eigenvalue weighted by molar-refractivity contribution is 9.10. The molecule has 1 aromatic rings. The molecule has 0 fully saturated rings. The largest absolute Gasteiger partial charge is 0.481 e. The summed E-state index contributed by atoms with van der Waals surface area (Å²) >= 11 is 2.95. The molecule has 0 bridgehead atoms. The van der Waals surface area contributed by atoms with E-state index in [9.17, 15) is 14.9 Å². The zero-order valence-electron chi connectivity index (χ0n) is 7.81. The molecule has 16 heavy (non-hydrogen) atoms. The Morgan fingerprint density at radius 3 is 2.69 bits per heavy atom. The van der Waals surface area contributed by atoms with E-state index in [4.69, 9.17) is 10.4 Å². The van der Waals surface area contributed by atoms with Crippen LogP contribution in [0.25, 0.3) is 0 Å². The van der Waals surface area contributed by atoms with Gasteiger partial charge in [-0.2, -0.15) is 5.26 Å². The Balaban J connectivity index is 3.35. The van der Waals surface area contributed by atoms with Crippen molar-refractivity contribution in [1.29, 1.82) is 5.26 Å². The third-order valence-electron chi connectivity index (χ3n) is 1.83. The molecule has 1 rings (SSSR count). The van der Waals surface area contributed by atoms with E-state index in [1.165, 1.54) is 6.07 Å². The van der Waals surface area contributed by atoms with E-state index >= 15 is 0 Å². The van der Waals surface area contributed by atoms with E-state index in [-0.39, 0.29) is 21.3 Å². The molecule has 0 saturated carbocycles. The molecule has 0 aliphatic rings. The molecule has 7 heteroatoms. The molecule has 1 aromatic carbocycles. The van der Waals surface area contributed by atoms with Gasteiger partial charge in [-0.1, -0.05) is 0 Å². The summed E-state index contributed by atoms with van der Waals surface area (Å²) in [5.74, 6) is -1.15. The van der Waals surface area contributed by atoms with Gasteiger partial charge in [0.25, 0.3) is 5.69 Å². The average Bonchev–Trinajstić information content (AvgIpc) is 2.18. The predicted molar refractivity (Wildman–Crippen MR) is 56.9 cm³/mol. The Morgan fingerprint density at radius 1 is 1.62 bits per heavy atom. The fourth-order valence-corrected chi connectivity index (χ4v) is 1.65. The van der Waals surface area contributed by atoms with Crippen LogP contribution in [-0.4, -0.2) is 16.0 Å². The number of nitriles is 1. The van der Waals surface area contributed by atoms with Gasteiger partial charge < -0.3 is 5.11 Å². The van der Waals surface area contributed by atoms with Gasteiger partial charge in [-0.15, -0.1) is 0 Å². The highest BCUT2D eigenvalue weighted by Crippen LogP contribution is 2.28. The molecule has 0 aromatic heterocycles. The van der Waals surface area contributed by atoms with Crippen molar-refractivity contribution in [3.05, 3.63) is 37.8 Å². The van der Waals surface area contributed by atoms with Crippen LogP contribution in [0.5, 0.6) is 0 Å². The number of nitrogens with zero attached hydrogens (tertiary/aromatic N) is 2. The maximum Gasteiger partial charge on any atom is 0.307 e. The second-order valence-corrected chi connectivity index (χ2v) is 3.75. The van der Waals surface area contributed by atoms with Crippen molar-refractivity contribution >= 4 is 27.6 Å². The third-order valence-corrected chi connectivity index (χ3v) is 2.47. The summed E-state index contributed by atoms with van der Waals surface area (Å²) in [6.07, 6.45) is -0.420. The normalized spacial score (nSPS) is 9.50. The fraction of sp³-hybridized carbons (Fsp3) is 0.111. The van der Waals surface area contributed by atoms with Crippen molar-refractivity contribution in [1.82, 2.24) is 0 Å². The van der Waals surface area contributed by atoms with Crippen LogP contribution < -0.4 is 0 Å². The van der Waals surface area contributed by atoms with Gasteiger partial charge in [0, 0.05) is 6.07 Å². The molecule has 82 valence electrons. The van der Waals surface area contributed by atoms with Gasteiger partial charge in [-0.05, 0) is 27.6 Å². The number of hydrogen-bond acceptors (Lipinski definition) is 4. The van der Waals surface area contributed by atoms with Gasteiger partial charge in [0.2, 0.25) is 0 Å². The van der Waals surface area contributed by atoms with Crippen LogP contribution in [0, 0.1) is 21.4 Å². The summed E-state index contributed by atoms with van der Waals surface area (Å²) in [6, 6.07) is 4.13. The smallest absolute Gasteiger partial charge is 0.307 e. The number of aliphatic carboxylic acids is 1. The number of halogens is 1. The predicted octanol–water partition coefficient (Wildman–Crippen LogP) is 1.86. The number of carbonyl (C=O) groups is 1. The van der Waals surface area contributed by atoms with Gasteiger partial charge in [0.05, 0.1) is 27.4 Å². The van der Waals surface area contributed by atoms with Crippen LogP contribution in [0.3, 0.4) is 0 Å². The monoisotopic (exact) mass is 284 g/mol. The first-order chi connectivity index (χ1) is 7.45. The first kappa shape index (κ1) is 12.1. The quantitative estimate of drug-likeness (QED) is 0.674. The Hall–Kier alpha value is -1.94. The molecule has 0 atom stereocenters. The Kier molecular flexibility index (Phi) is 3.58. The third kappa shape index (κ3) is 2.55. The van der Waals surface area contributed by atoms with E-state index in [1.807, 2.05) is 0 Å². The summed E-state index contributed by atoms with van der Waals surface area (Å²) in [5, 5.41) is 28.0. The SMILES string of the molecule is N#Cc1cc(Br)c([N+](=O)[O-])cc1CC(=O)O. The van der Waals surface area contributed by atoms with Crippen LogP contribution >= 0.6 is 15.9 Å². The van der Waals surface area contributed by atoms with Crippen molar-refractivity contribution in [2.24, 2.45) is 0 Å². The molecule has 0 heterocycles. The van der Waals surface area contributed by atoms with Crippen LogP contribution in [0.15, 0.2) is 16.6 Å². The molecule has 6 nitrogen and oxygen atoms in total. The molecular formula is C9H5BrN2O4. The number of carboxylic acid groups (broad SMARTS) is 1. The summed E-state index contributed by atoms with van der Waals surface area (Å²) in [7, 11) is 0. The molecule has 0 saturated heterocycles. The maximum absolute atomic E-state index is 10.6. The molecular weight excluding hydrogens is 280 g/mol. The van der Waals surface area contributed by atoms with Gasteiger partial charge in [0.1, 0.15) is 0 Å². The standard InChI is InChI=1S/C9H5BrN2O4/c10-7-1-6(4-11)5(3-9(13)14)2-8(7)12(15)16/h1-2H,3H2,(H,13,14). The van der Waals surface area contributed by atoms with Gasteiger partial charge in [-0.3, -0.25) is 14.9 Å². The molecule has 0 aliphatic heterocycles. The van der Waals surface area contributed by atoms with Crippen LogP contribution in [0.2, 0.25) is 0 Å². The molecule has 0 aliphatic carbocycles. The minimum Gasteiger partial charge on any atom is -0.481 e. The number of nitro groups is 1. The number of nitro benzene ring substituents is 1. The van der Waals surface area contributed by atoms with Crippen molar-refractivity contribution in [3.8, 4) is 6.07 Å². The lowest BCUT2D eigenvalue weighted by molar-refractivity contribution is -0.385. The highest BCUT2D eigenvalue weighted by Gasteiger charge is 2.17. The van der Waals surface area contributed by atoms with Crippen molar-refractivity contribution in [3.63, 3.8) is 0 Å². The van der Waals surface area contributed by atoms with E-state index < -0.39 is 17.3 Å². The molecule has 0 radical (unpaired) electrons. The number of rotatable bonds is 3. The van der Waals surface area contributed by atoms with Crippen LogP contribution in [-0.2, 0) is 11.2 Å². The molecule has 0 amide bonds. The number of benzene rings is 1. The first-order valence-corrected chi connectivity index (χ1v) is 4.83. The molecule has 1 N–H and O–H groups in total. The summed E-state index contributed by atoms with van der Waals surface area (Å²) in [5.41, 5.74) is -0.0139. The van der Waals surface area contributed by atoms with Gasteiger partial charge in [0.15, 0.2) is 0 Å². The Morgan fingerprint density at radius 2 is 2.25 bits per heavy atom. The first-order valence-electron chi connectivity index (χ1n) is 4.04. The van der Waals surface area contributed by atoms with Crippen LogP contribution in [0.4, 0.5) is 5.69 Å². The van der Waals surface area contributed by atoms with Crippen LogP contribution in [0.1, 0.15) is 11.1 Å². The Bertz CT molecular complexity index is 507. The van der Waals surface area contributed by atoms with Gasteiger partial charge in [-0.25, -0.2) is 0 Å². The second-order valence-electron chi connectivity index (χ2n) is 2.90. The molecule has 0 spiro atoms. The van der Waals surface area contributed by atoms with E-state index in [0.717, 1.165) is 6.07 Å².